The van der Waals surface area contributed by atoms with E-state index in [-0.39, 0.29) is 11.7 Å². The van der Waals surface area contributed by atoms with Crippen LogP contribution in [0.25, 0.3) is 0 Å². The molecule has 0 bridgehead atoms. The number of nitrogens with two attached hydrogens (primary N) is 1. The lowest BCUT2D eigenvalue weighted by atomic mass is 10.4. The first-order chi connectivity index (χ1) is 9.20. The molecule has 0 aromatic carbocycles. The van der Waals surface area contributed by atoms with E-state index in [0.717, 1.165) is 6.54 Å². The summed E-state index contributed by atoms with van der Waals surface area (Å²) in [6.07, 6.45) is 1.75. The molecule has 0 aliphatic heterocycles. The molecular formula is C10H14N6O2S. The number of carbonyl (C=O) groups is 1. The second kappa shape index (κ2) is 6.14. The third-order valence-electron chi connectivity index (χ3n) is 2.23. The van der Waals surface area contributed by atoms with Gasteiger partial charge in [0, 0.05) is 19.5 Å². The molecule has 9 heteroatoms. The lowest BCUT2D eigenvalue weighted by Gasteiger charge is -2.01. The molecule has 1 amide bonds. The summed E-state index contributed by atoms with van der Waals surface area (Å²) in [7, 11) is 0. The number of nitrogen functional groups attached to an aromatic ring is 1. The second-order valence-corrected chi connectivity index (χ2v) is 4.62. The molecule has 2 rings (SSSR count). The van der Waals surface area contributed by atoms with Crippen LogP contribution in [0.5, 0.6) is 0 Å². The topological polar surface area (TPSA) is 119 Å². The minimum absolute atomic E-state index is 0.234. The van der Waals surface area contributed by atoms with Crippen LogP contribution in [-0.4, -0.2) is 34.1 Å². The molecule has 2 heterocycles. The quantitative estimate of drug-likeness (QED) is 0.706. The summed E-state index contributed by atoms with van der Waals surface area (Å²) in [4.78, 5) is 20.2. The van der Waals surface area contributed by atoms with Crippen molar-refractivity contribution in [1.82, 2.24) is 20.4 Å². The number of nitrogens with one attached hydrogen (secondary N) is 2. The first-order valence-electron chi connectivity index (χ1n) is 5.74. The Morgan fingerprint density at radius 3 is 3.11 bits per heavy atom. The largest absolute Gasteiger partial charge is 0.382 e. The molecule has 0 unspecified atom stereocenters. The molecule has 0 aliphatic rings. The highest BCUT2D eigenvalue weighted by molar-refractivity contribution is 7.18. The lowest BCUT2D eigenvalue weighted by molar-refractivity contribution is 0.0958. The van der Waals surface area contributed by atoms with E-state index < -0.39 is 0 Å². The van der Waals surface area contributed by atoms with Gasteiger partial charge in [0.05, 0.1) is 0 Å². The Morgan fingerprint density at radius 1 is 1.58 bits per heavy atom. The van der Waals surface area contributed by atoms with Crippen LogP contribution in [0, 0.1) is 0 Å². The standard InChI is InChI=1S/C10H14N6O2S/c1-2-12-10-15-8(11)7(19-10)9(17)13-4-3-6-14-5-18-16-6/h5H,2-4,11H2,1H3,(H,12,15)(H,13,17). The van der Waals surface area contributed by atoms with Crippen LogP contribution in [0.15, 0.2) is 10.9 Å². The zero-order valence-electron chi connectivity index (χ0n) is 10.3. The van der Waals surface area contributed by atoms with Crippen LogP contribution in [0.2, 0.25) is 0 Å². The van der Waals surface area contributed by atoms with Gasteiger partial charge in [0.15, 0.2) is 11.0 Å². The van der Waals surface area contributed by atoms with E-state index in [1.165, 1.54) is 17.7 Å². The van der Waals surface area contributed by atoms with Gasteiger partial charge >= 0.3 is 0 Å². The van der Waals surface area contributed by atoms with Crippen LogP contribution in [0.4, 0.5) is 10.9 Å². The van der Waals surface area contributed by atoms with Crippen LogP contribution in [0.3, 0.4) is 0 Å². The zero-order chi connectivity index (χ0) is 13.7. The highest BCUT2D eigenvalue weighted by atomic mass is 32.1. The minimum atomic E-state index is -0.248. The van der Waals surface area contributed by atoms with Crippen molar-refractivity contribution in [1.29, 1.82) is 0 Å². The zero-order valence-corrected chi connectivity index (χ0v) is 11.2. The third kappa shape index (κ3) is 3.41. The Bertz CT molecular complexity index is 538. The van der Waals surface area contributed by atoms with Crippen molar-refractivity contribution >= 4 is 28.2 Å². The number of amides is 1. The molecule has 2 aromatic heterocycles. The highest BCUT2D eigenvalue weighted by Crippen LogP contribution is 2.24. The van der Waals surface area contributed by atoms with Gasteiger partial charge in [-0.1, -0.05) is 16.5 Å². The normalized spacial score (nSPS) is 10.4. The number of hydrogen-bond donors (Lipinski definition) is 3. The Balaban J connectivity index is 1.88. The van der Waals surface area contributed by atoms with Crippen molar-refractivity contribution in [3.8, 4) is 0 Å². The third-order valence-corrected chi connectivity index (χ3v) is 3.26. The van der Waals surface area contributed by atoms with Crippen molar-refractivity contribution < 1.29 is 9.32 Å². The van der Waals surface area contributed by atoms with E-state index in [1.54, 1.807) is 0 Å². The lowest BCUT2D eigenvalue weighted by Crippen LogP contribution is -2.25. The monoisotopic (exact) mass is 282 g/mol. The maximum Gasteiger partial charge on any atom is 0.265 e. The summed E-state index contributed by atoms with van der Waals surface area (Å²) in [6.45, 7) is 3.08. The summed E-state index contributed by atoms with van der Waals surface area (Å²) in [5, 5.41) is 10.0. The predicted molar refractivity (Wildman–Crippen MR) is 71.0 cm³/mol. The Labute approximate surface area is 113 Å². The first kappa shape index (κ1) is 13.3. The van der Waals surface area contributed by atoms with Gasteiger partial charge in [-0.05, 0) is 6.92 Å². The maximum atomic E-state index is 11.9. The molecule has 0 atom stereocenters. The maximum absolute atomic E-state index is 11.9. The molecule has 8 nitrogen and oxygen atoms in total. The minimum Gasteiger partial charge on any atom is -0.382 e. The van der Waals surface area contributed by atoms with E-state index in [9.17, 15) is 4.79 Å². The van der Waals surface area contributed by atoms with Gasteiger partial charge in [0.1, 0.15) is 10.7 Å². The number of aromatic nitrogens is 3. The highest BCUT2D eigenvalue weighted by Gasteiger charge is 2.15. The molecule has 0 fully saturated rings. The summed E-state index contributed by atoms with van der Waals surface area (Å²) >= 11 is 1.23. The summed E-state index contributed by atoms with van der Waals surface area (Å²) in [6, 6.07) is 0. The van der Waals surface area contributed by atoms with Crippen molar-refractivity contribution in [2.75, 3.05) is 24.1 Å². The van der Waals surface area contributed by atoms with Gasteiger partial charge in [-0.15, -0.1) is 0 Å². The van der Waals surface area contributed by atoms with E-state index in [1.807, 2.05) is 6.92 Å². The average Bonchev–Trinajstić information content (AvgIpc) is 2.99. The van der Waals surface area contributed by atoms with Gasteiger partial charge in [-0.25, -0.2) is 4.98 Å². The molecule has 2 aromatic rings. The van der Waals surface area contributed by atoms with Crippen molar-refractivity contribution in [3.63, 3.8) is 0 Å². The fourth-order valence-electron chi connectivity index (χ4n) is 1.39. The number of thiazole rings is 1. The van der Waals surface area contributed by atoms with Crippen LogP contribution in [0.1, 0.15) is 22.4 Å². The van der Waals surface area contributed by atoms with Gasteiger partial charge in [-0.2, -0.15) is 4.98 Å². The fraction of sp³-hybridized carbons (Fsp3) is 0.400. The van der Waals surface area contributed by atoms with Crippen molar-refractivity contribution in [2.45, 2.75) is 13.3 Å². The average molecular weight is 282 g/mol. The molecule has 0 saturated heterocycles. The van der Waals surface area contributed by atoms with Crippen molar-refractivity contribution in [3.05, 3.63) is 17.1 Å². The molecule has 0 aliphatic carbocycles. The smallest absolute Gasteiger partial charge is 0.265 e. The van der Waals surface area contributed by atoms with E-state index in [0.29, 0.717) is 28.8 Å². The summed E-state index contributed by atoms with van der Waals surface area (Å²) in [5.41, 5.74) is 5.70. The second-order valence-electron chi connectivity index (χ2n) is 3.62. The van der Waals surface area contributed by atoms with Crippen molar-refractivity contribution in [2.24, 2.45) is 0 Å². The van der Waals surface area contributed by atoms with Gasteiger partial charge in [0.25, 0.3) is 5.91 Å². The van der Waals surface area contributed by atoms with E-state index in [4.69, 9.17) is 5.73 Å². The molecule has 0 radical (unpaired) electrons. The predicted octanol–water partition coefficient (Wildman–Crippen LogP) is 0.513. The molecule has 4 N–H and O–H groups in total. The van der Waals surface area contributed by atoms with E-state index in [2.05, 4.69) is 30.3 Å². The number of carbonyl (C=O) groups excluding carboxylic acids is 1. The Hall–Kier alpha value is -2.16. The number of rotatable bonds is 6. The number of hydrogen-bond acceptors (Lipinski definition) is 8. The number of anilines is 2. The van der Waals surface area contributed by atoms with Crippen LogP contribution >= 0.6 is 11.3 Å². The molecular weight excluding hydrogens is 268 g/mol. The molecule has 0 spiro atoms. The summed E-state index contributed by atoms with van der Waals surface area (Å²) in [5.74, 6) is 0.534. The first-order valence-corrected chi connectivity index (χ1v) is 6.56. The van der Waals surface area contributed by atoms with Crippen LogP contribution < -0.4 is 16.4 Å². The fourth-order valence-corrected chi connectivity index (χ4v) is 2.26. The molecule has 19 heavy (non-hydrogen) atoms. The van der Waals surface area contributed by atoms with Gasteiger partial charge < -0.3 is 20.9 Å². The molecule has 102 valence electrons. The van der Waals surface area contributed by atoms with E-state index >= 15 is 0 Å². The van der Waals surface area contributed by atoms with Gasteiger partial charge in [0.2, 0.25) is 6.39 Å². The van der Waals surface area contributed by atoms with Gasteiger partial charge in [-0.3, -0.25) is 4.79 Å². The summed E-state index contributed by atoms with van der Waals surface area (Å²) < 4.78 is 4.60. The molecule has 0 saturated carbocycles. The Kier molecular flexibility index (Phi) is 4.29. The SMILES string of the molecule is CCNc1nc(N)c(C(=O)NCCc2ncon2)s1. The Morgan fingerprint density at radius 2 is 2.42 bits per heavy atom. The number of nitrogens with zero attached hydrogens (tertiary/aromatic N) is 3. The van der Waals surface area contributed by atoms with Crippen LogP contribution in [-0.2, 0) is 6.42 Å².